The summed E-state index contributed by atoms with van der Waals surface area (Å²) in [5.41, 5.74) is 0. The predicted octanol–water partition coefficient (Wildman–Crippen LogP) is -4.02. The van der Waals surface area contributed by atoms with E-state index in [2.05, 4.69) is 0 Å². The van der Waals surface area contributed by atoms with Crippen LogP contribution in [0.2, 0.25) is 0 Å². The number of esters is 1. The summed E-state index contributed by atoms with van der Waals surface area (Å²) in [6.07, 6.45) is -14.4. The second-order valence-corrected chi connectivity index (χ2v) is 16.1. The molecule has 0 radical (unpaired) electrons. The van der Waals surface area contributed by atoms with Crippen LogP contribution in [-0.4, -0.2) is 190 Å². The fourth-order valence-corrected chi connectivity index (χ4v) is 9.05. The molecule has 19 atom stereocenters. The fourth-order valence-electron chi connectivity index (χ4n) is 9.05. The monoisotopic (exact) mass is 779 g/mol. The maximum Gasteiger partial charge on any atom is 0.330 e. The number of aliphatic hydroxyl groups is 13. The van der Waals surface area contributed by atoms with Gasteiger partial charge in [-0.3, -0.25) is 0 Å². The Morgan fingerprint density at radius 1 is 0.648 bits per heavy atom. The molecule has 12 N–H and O–H groups in total. The molecule has 0 bridgehead atoms. The van der Waals surface area contributed by atoms with Crippen molar-refractivity contribution in [3.63, 3.8) is 0 Å². The number of aliphatic hydroxyl groups excluding tert-OH is 11. The normalized spacial score (nSPS) is 50.4. The molecule has 0 aromatic rings. The van der Waals surface area contributed by atoms with Crippen LogP contribution in [-0.2, 0) is 28.5 Å². The highest BCUT2D eigenvalue weighted by atomic mass is 16.7. The van der Waals surface area contributed by atoms with Gasteiger partial charge in [0.1, 0.15) is 61.5 Å². The van der Waals surface area contributed by atoms with Gasteiger partial charge < -0.3 is 84.6 Å². The second kappa shape index (κ2) is 18.4. The van der Waals surface area contributed by atoms with Gasteiger partial charge in [-0.15, -0.1) is 0 Å². The molecule has 9 unspecified atom stereocenters. The summed E-state index contributed by atoms with van der Waals surface area (Å²) < 4.78 is 34.4. The van der Waals surface area contributed by atoms with Crippen LogP contribution in [0.1, 0.15) is 64.2 Å². The molecule has 0 aromatic heterocycles. The summed E-state index contributed by atoms with van der Waals surface area (Å²) in [6, 6.07) is 0. The van der Waals surface area contributed by atoms with Crippen molar-refractivity contribution in [1.29, 1.82) is 0 Å². The van der Waals surface area contributed by atoms with E-state index in [0.29, 0.717) is 25.7 Å². The van der Waals surface area contributed by atoms with E-state index in [1.165, 1.54) is 6.08 Å². The predicted molar refractivity (Wildman–Crippen MR) is 181 cm³/mol. The Kier molecular flexibility index (Phi) is 14.4. The van der Waals surface area contributed by atoms with E-state index >= 15 is 0 Å². The molecular weight excluding hydrogens is 720 g/mol. The van der Waals surface area contributed by atoms with Gasteiger partial charge in [0.15, 0.2) is 24.8 Å². The first-order valence-corrected chi connectivity index (χ1v) is 19.3. The number of rotatable bonds is 10. The van der Waals surface area contributed by atoms with Crippen LogP contribution in [0.15, 0.2) is 12.2 Å². The lowest BCUT2D eigenvalue weighted by atomic mass is 9.72. The number of carbonyl (C=O) groups excluding carboxylic acids is 1. The lowest BCUT2D eigenvalue weighted by Gasteiger charge is -2.50. The van der Waals surface area contributed by atoms with Gasteiger partial charge in [-0.25, -0.2) is 4.79 Å². The molecule has 3 saturated heterocycles. The lowest BCUT2D eigenvalue weighted by molar-refractivity contribution is -0.367. The number of hydrogen-bond acceptors (Lipinski definition) is 17. The van der Waals surface area contributed by atoms with E-state index in [-0.39, 0.29) is 43.6 Å². The Balaban J connectivity index is 1.15. The molecule has 54 heavy (non-hydrogen) atoms. The van der Waals surface area contributed by atoms with Crippen LogP contribution in [0.5, 0.6) is 0 Å². The van der Waals surface area contributed by atoms with Gasteiger partial charge in [-0.05, 0) is 57.3 Å². The van der Waals surface area contributed by atoms with Gasteiger partial charge >= 0.3 is 5.97 Å². The standard InChI is InChI=1S/C36H58O18/c37-13-25-28(43)30(45)32(47)36(53-25)52-24-12-19-22(50-34(24)16-4-7-20(40)21(41)9-16)10-18(39)11-23(19)51-35-33(48)31(46)29(44)26(54-35)14-49-27(42)8-3-15-1-5-17(38)6-2-15/h3,8,15-26,28-41,43-48H,1-2,4-7,9-14H2/p+1/t15?,16?,17?,18?,19?,20?,21?,22?,23?,24?,25-,26-,28-,29-,30+,31+,32-,33-,34?,35-,36-/m1/s1. The van der Waals surface area contributed by atoms with Crippen LogP contribution in [0.3, 0.4) is 0 Å². The van der Waals surface area contributed by atoms with E-state index in [1.807, 2.05) is 0 Å². The number of carbonyl (C=O) groups is 1. The minimum atomic E-state index is -1.74. The Hall–Kier alpha value is -1.43. The highest BCUT2D eigenvalue weighted by Gasteiger charge is 2.56. The first kappa shape index (κ1) is 42.2. The second-order valence-electron chi connectivity index (χ2n) is 16.1. The molecule has 6 aliphatic rings. The molecule has 0 aromatic carbocycles. The summed E-state index contributed by atoms with van der Waals surface area (Å²) in [5.74, 6) is -1.36. The third-order valence-corrected chi connectivity index (χ3v) is 12.3. The SMILES string of the molecule is O=C(C=CC1CCC(O)CC1)OC[C@H]1O[C@@H](OC2CC(O)CC3[OH+]C(C4CCC(O)C(O)C4)C(O[C@@H]4O[C@H](CO)[C@@H](O)[C@H](O)[C@H]4O)CC23)[C@H](O)[C@@H](O)[C@@H]1O. The van der Waals surface area contributed by atoms with Crippen LogP contribution >= 0.6 is 0 Å². The van der Waals surface area contributed by atoms with Crippen molar-refractivity contribution in [3.8, 4) is 0 Å². The summed E-state index contributed by atoms with van der Waals surface area (Å²) >= 11 is 0. The van der Waals surface area contributed by atoms with Crippen molar-refractivity contribution in [3.05, 3.63) is 12.2 Å². The third-order valence-electron chi connectivity index (χ3n) is 12.3. The minimum absolute atomic E-state index is 0.0658. The van der Waals surface area contributed by atoms with Crippen molar-refractivity contribution in [2.75, 3.05) is 13.2 Å². The summed E-state index contributed by atoms with van der Waals surface area (Å²) in [6.45, 7) is -1.13. The molecular formula is C36H59O18+. The molecule has 3 aliphatic heterocycles. The van der Waals surface area contributed by atoms with E-state index in [4.69, 9.17) is 28.4 Å². The van der Waals surface area contributed by atoms with Crippen LogP contribution in [0.25, 0.3) is 0 Å². The topological polar surface area (TPSA) is 299 Å². The van der Waals surface area contributed by atoms with E-state index < -0.39 is 129 Å². The quantitative estimate of drug-likeness (QED) is 0.0572. The lowest BCUT2D eigenvalue weighted by Crippen LogP contribution is -2.64. The van der Waals surface area contributed by atoms with Crippen molar-refractivity contribution in [2.24, 2.45) is 17.8 Å². The molecule has 18 heteroatoms. The first-order chi connectivity index (χ1) is 25.7. The van der Waals surface area contributed by atoms with Crippen molar-refractivity contribution < 1.29 is 89.4 Å². The Bertz CT molecular complexity index is 1230. The van der Waals surface area contributed by atoms with Gasteiger partial charge in [0.25, 0.3) is 0 Å². The summed E-state index contributed by atoms with van der Waals surface area (Å²) in [7, 11) is 0. The maximum atomic E-state index is 12.5. The maximum absolute atomic E-state index is 12.5. The minimum Gasteiger partial charge on any atom is -0.460 e. The van der Waals surface area contributed by atoms with Crippen LogP contribution in [0.4, 0.5) is 0 Å². The summed E-state index contributed by atoms with van der Waals surface area (Å²) in [5, 5.41) is 115. The molecule has 6 rings (SSSR count). The molecule has 3 heterocycles. The zero-order chi connectivity index (χ0) is 38.8. The van der Waals surface area contributed by atoms with Gasteiger partial charge in [-0.1, -0.05) is 6.08 Å². The average molecular weight is 780 g/mol. The zero-order valence-electron chi connectivity index (χ0n) is 30.1. The number of allylic oxidation sites excluding steroid dienone is 1. The Morgan fingerprint density at radius 2 is 1.28 bits per heavy atom. The van der Waals surface area contributed by atoms with Gasteiger partial charge in [0.2, 0.25) is 0 Å². The average Bonchev–Trinajstić information content (AvgIpc) is 3.15. The molecule has 0 spiro atoms. The van der Waals surface area contributed by atoms with Crippen LogP contribution in [0, 0.1) is 17.8 Å². The Morgan fingerprint density at radius 3 is 1.93 bits per heavy atom. The van der Waals surface area contributed by atoms with Crippen LogP contribution < -0.4 is 0 Å². The number of hydrogen-bond donors (Lipinski definition) is 11. The summed E-state index contributed by atoms with van der Waals surface area (Å²) in [4.78, 5) is 12.5. The highest BCUT2D eigenvalue weighted by molar-refractivity contribution is 5.81. The zero-order valence-corrected chi connectivity index (χ0v) is 30.1. The van der Waals surface area contributed by atoms with Crippen molar-refractivity contribution in [2.45, 2.75) is 174 Å². The van der Waals surface area contributed by atoms with E-state index in [9.17, 15) is 61.0 Å². The van der Waals surface area contributed by atoms with Gasteiger partial charge in [0.05, 0.1) is 43.0 Å². The molecule has 3 saturated carbocycles. The van der Waals surface area contributed by atoms with E-state index in [1.54, 1.807) is 6.08 Å². The van der Waals surface area contributed by atoms with Crippen molar-refractivity contribution in [1.82, 2.24) is 0 Å². The molecule has 6 fully saturated rings. The fraction of sp³-hybridized carbons (Fsp3) is 0.917. The highest BCUT2D eigenvalue weighted by Crippen LogP contribution is 2.44. The molecule has 3 aliphatic carbocycles. The largest absolute Gasteiger partial charge is 0.460 e. The van der Waals surface area contributed by atoms with Gasteiger partial charge in [0, 0.05) is 24.8 Å². The smallest absolute Gasteiger partial charge is 0.330 e. The number of ether oxygens (including phenoxy) is 6. The number of fused-ring (bicyclic) bond motifs is 1. The molecule has 0 amide bonds. The van der Waals surface area contributed by atoms with Gasteiger partial charge in [-0.2, -0.15) is 0 Å². The molecule has 18 nitrogen and oxygen atoms in total. The third kappa shape index (κ3) is 9.63. The molecule has 310 valence electrons. The first-order valence-electron chi connectivity index (χ1n) is 19.3. The van der Waals surface area contributed by atoms with Crippen molar-refractivity contribution >= 4 is 5.97 Å². The van der Waals surface area contributed by atoms with E-state index in [0.717, 1.165) is 12.8 Å². The Labute approximate surface area is 312 Å².